The average molecular weight is 338 g/mol. The Bertz CT molecular complexity index is 629. The molecule has 1 N–H and O–H groups in total. The lowest BCUT2D eigenvalue weighted by molar-refractivity contribution is 0.180. The van der Waals surface area contributed by atoms with Crippen LogP contribution in [0, 0.1) is 0 Å². The zero-order chi connectivity index (χ0) is 17.6. The van der Waals surface area contributed by atoms with Gasteiger partial charge in [0, 0.05) is 19.3 Å². The number of hydrogen-bond acceptors (Lipinski definition) is 3. The third-order valence-electron chi connectivity index (χ3n) is 4.84. The number of likely N-dealkylation sites (tertiary alicyclic amines) is 1. The van der Waals surface area contributed by atoms with Crippen LogP contribution in [0.15, 0.2) is 54.7 Å². The van der Waals surface area contributed by atoms with Gasteiger partial charge in [-0.1, -0.05) is 36.4 Å². The minimum absolute atomic E-state index is 0.0472. The predicted molar refractivity (Wildman–Crippen MR) is 99.3 cm³/mol. The number of nitrogens with one attached hydrogen (secondary N) is 1. The highest BCUT2D eigenvalue weighted by Gasteiger charge is 2.27. The Balaban J connectivity index is 1.77. The van der Waals surface area contributed by atoms with E-state index in [-0.39, 0.29) is 18.1 Å². The Kier molecular flexibility index (Phi) is 5.66. The van der Waals surface area contributed by atoms with E-state index in [2.05, 4.69) is 22.2 Å². The molecule has 3 rings (SSSR count). The fourth-order valence-corrected chi connectivity index (χ4v) is 3.31. The van der Waals surface area contributed by atoms with Crippen LogP contribution in [0.5, 0.6) is 0 Å². The van der Waals surface area contributed by atoms with Gasteiger partial charge in [0.05, 0.1) is 5.69 Å². The molecule has 1 saturated heterocycles. The number of urea groups is 1. The smallest absolute Gasteiger partial charge is 0.318 e. The highest BCUT2D eigenvalue weighted by molar-refractivity contribution is 5.75. The van der Waals surface area contributed by atoms with Crippen LogP contribution in [-0.4, -0.2) is 54.0 Å². The monoisotopic (exact) mass is 338 g/mol. The fourth-order valence-electron chi connectivity index (χ4n) is 3.31. The predicted octanol–water partition coefficient (Wildman–Crippen LogP) is 2.91. The van der Waals surface area contributed by atoms with Gasteiger partial charge in [-0.25, -0.2) is 4.79 Å². The van der Waals surface area contributed by atoms with Crippen LogP contribution < -0.4 is 5.32 Å². The summed E-state index contributed by atoms with van der Waals surface area (Å²) in [5, 5.41) is 3.19. The number of aromatic nitrogens is 1. The van der Waals surface area contributed by atoms with Crippen LogP contribution in [0.1, 0.15) is 30.1 Å². The largest absolute Gasteiger partial charge is 0.335 e. The molecule has 1 atom stereocenters. The number of piperidine rings is 1. The van der Waals surface area contributed by atoms with Crippen LogP contribution in [-0.2, 0) is 0 Å². The Morgan fingerprint density at radius 3 is 2.48 bits per heavy atom. The maximum Gasteiger partial charge on any atom is 0.318 e. The number of amides is 2. The first-order valence-corrected chi connectivity index (χ1v) is 8.83. The normalized spacial score (nSPS) is 17.0. The van der Waals surface area contributed by atoms with E-state index >= 15 is 0 Å². The first-order chi connectivity index (χ1) is 12.1. The molecule has 2 amide bonds. The van der Waals surface area contributed by atoms with E-state index in [1.54, 1.807) is 11.1 Å². The number of carbonyl (C=O) groups is 1. The summed E-state index contributed by atoms with van der Waals surface area (Å²) < 4.78 is 0. The van der Waals surface area contributed by atoms with E-state index in [0.717, 1.165) is 37.2 Å². The maximum atomic E-state index is 12.9. The highest BCUT2D eigenvalue weighted by atomic mass is 16.2. The van der Waals surface area contributed by atoms with Gasteiger partial charge in [0.1, 0.15) is 6.04 Å². The highest BCUT2D eigenvalue weighted by Crippen LogP contribution is 2.26. The molecule has 0 unspecified atom stereocenters. The van der Waals surface area contributed by atoms with E-state index in [1.165, 1.54) is 0 Å². The van der Waals surface area contributed by atoms with Crippen molar-refractivity contribution in [3.8, 4) is 0 Å². The molecule has 1 aromatic carbocycles. The topological polar surface area (TPSA) is 48.5 Å². The molecule has 0 radical (unpaired) electrons. The molecular weight excluding hydrogens is 312 g/mol. The van der Waals surface area contributed by atoms with Crippen molar-refractivity contribution in [2.24, 2.45) is 0 Å². The molecule has 1 fully saturated rings. The summed E-state index contributed by atoms with van der Waals surface area (Å²) in [5.74, 6) is 0. The van der Waals surface area contributed by atoms with Crippen molar-refractivity contribution in [2.45, 2.75) is 24.9 Å². The summed E-state index contributed by atoms with van der Waals surface area (Å²) >= 11 is 0. The van der Waals surface area contributed by atoms with E-state index < -0.39 is 0 Å². The van der Waals surface area contributed by atoms with Crippen LogP contribution in [0.3, 0.4) is 0 Å². The molecule has 2 aromatic rings. The number of hydrogen-bond donors (Lipinski definition) is 1. The third-order valence-corrected chi connectivity index (χ3v) is 4.84. The molecule has 0 bridgehead atoms. The SMILES string of the molecule is CN1CCC(NC(=O)N(C)[C@@H](c2ccccc2)c2ccccn2)CC1. The second kappa shape index (κ2) is 8.12. The zero-order valence-corrected chi connectivity index (χ0v) is 14.9. The van der Waals surface area contributed by atoms with Crippen molar-refractivity contribution >= 4 is 6.03 Å². The summed E-state index contributed by atoms with van der Waals surface area (Å²) in [6.07, 6.45) is 3.76. The summed E-state index contributed by atoms with van der Waals surface area (Å²) in [6, 6.07) is 15.9. The number of carbonyl (C=O) groups excluding carboxylic acids is 1. The van der Waals surface area contributed by atoms with Gasteiger partial charge in [-0.05, 0) is 50.7 Å². The summed E-state index contributed by atoms with van der Waals surface area (Å²) in [5.41, 5.74) is 1.93. The molecule has 5 heteroatoms. The number of nitrogens with zero attached hydrogens (tertiary/aromatic N) is 3. The van der Waals surface area contributed by atoms with Gasteiger partial charge in [-0.3, -0.25) is 4.98 Å². The summed E-state index contributed by atoms with van der Waals surface area (Å²) in [6.45, 7) is 2.05. The molecule has 1 aromatic heterocycles. The Morgan fingerprint density at radius 2 is 1.84 bits per heavy atom. The van der Waals surface area contributed by atoms with Gasteiger partial charge in [0.15, 0.2) is 0 Å². The van der Waals surface area contributed by atoms with Crippen molar-refractivity contribution in [1.82, 2.24) is 20.1 Å². The van der Waals surface area contributed by atoms with E-state index in [1.807, 2.05) is 55.6 Å². The Morgan fingerprint density at radius 1 is 1.16 bits per heavy atom. The van der Waals surface area contributed by atoms with Gasteiger partial charge in [0.25, 0.3) is 0 Å². The summed E-state index contributed by atoms with van der Waals surface area (Å²) in [4.78, 5) is 21.4. The second-order valence-corrected chi connectivity index (χ2v) is 6.71. The van der Waals surface area contributed by atoms with Crippen molar-refractivity contribution in [1.29, 1.82) is 0 Å². The van der Waals surface area contributed by atoms with Gasteiger partial charge in [-0.15, -0.1) is 0 Å². The number of pyridine rings is 1. The van der Waals surface area contributed by atoms with Crippen LogP contribution in [0.4, 0.5) is 4.79 Å². The molecule has 1 aliphatic heterocycles. The molecule has 132 valence electrons. The van der Waals surface area contributed by atoms with Crippen molar-refractivity contribution in [2.75, 3.05) is 27.2 Å². The molecule has 0 aliphatic carbocycles. The average Bonchev–Trinajstić information content (AvgIpc) is 2.65. The first-order valence-electron chi connectivity index (χ1n) is 8.83. The van der Waals surface area contributed by atoms with Gasteiger partial charge < -0.3 is 15.1 Å². The number of rotatable bonds is 4. The Labute approximate surface area is 149 Å². The number of benzene rings is 1. The maximum absolute atomic E-state index is 12.9. The van der Waals surface area contributed by atoms with Crippen molar-refractivity contribution in [3.05, 3.63) is 66.0 Å². The molecule has 0 spiro atoms. The van der Waals surface area contributed by atoms with E-state index in [9.17, 15) is 4.79 Å². The minimum atomic E-state index is -0.200. The second-order valence-electron chi connectivity index (χ2n) is 6.71. The zero-order valence-electron chi connectivity index (χ0n) is 14.9. The van der Waals surface area contributed by atoms with E-state index in [0.29, 0.717) is 0 Å². The fraction of sp³-hybridized carbons (Fsp3) is 0.400. The molecule has 0 saturated carbocycles. The van der Waals surface area contributed by atoms with Crippen LogP contribution in [0.2, 0.25) is 0 Å². The summed E-state index contributed by atoms with van der Waals surface area (Å²) in [7, 11) is 3.97. The van der Waals surface area contributed by atoms with Crippen molar-refractivity contribution in [3.63, 3.8) is 0 Å². The van der Waals surface area contributed by atoms with E-state index in [4.69, 9.17) is 0 Å². The third kappa shape index (κ3) is 4.37. The Hall–Kier alpha value is -2.40. The standard InChI is InChI=1S/C20H26N4O/c1-23-14-11-17(12-15-23)22-20(25)24(2)19(16-8-4-3-5-9-16)18-10-6-7-13-21-18/h3-10,13,17,19H,11-12,14-15H2,1-2H3,(H,22,25)/t19-/m0/s1. The quantitative estimate of drug-likeness (QED) is 0.932. The molecule has 5 nitrogen and oxygen atoms in total. The van der Waals surface area contributed by atoms with Crippen molar-refractivity contribution < 1.29 is 4.79 Å². The molecule has 2 heterocycles. The molecule has 1 aliphatic rings. The minimum Gasteiger partial charge on any atom is -0.335 e. The lowest BCUT2D eigenvalue weighted by Crippen LogP contribution is -2.48. The molecular formula is C20H26N4O. The lowest BCUT2D eigenvalue weighted by Gasteiger charge is -2.33. The van der Waals surface area contributed by atoms with Gasteiger partial charge in [0.2, 0.25) is 0 Å². The molecule has 25 heavy (non-hydrogen) atoms. The first kappa shape index (κ1) is 17.4. The van der Waals surface area contributed by atoms with Crippen LogP contribution >= 0.6 is 0 Å². The van der Waals surface area contributed by atoms with Gasteiger partial charge in [-0.2, -0.15) is 0 Å². The lowest BCUT2D eigenvalue weighted by atomic mass is 10.0. The van der Waals surface area contributed by atoms with Crippen LogP contribution in [0.25, 0.3) is 0 Å². The van der Waals surface area contributed by atoms with Gasteiger partial charge >= 0.3 is 6.03 Å².